The molecule has 5 nitrogen and oxygen atoms in total. The Labute approximate surface area is 114 Å². The standard InChI is InChI=1S/C13H20N2O3S/c1-10(14)5-3-8-13(16)15-11-6-4-7-12(9-11)19(2,17)18/h4,6-7,9-10H,3,5,8,14H2,1-2H3,(H,15,16). The minimum absolute atomic E-state index is 0.0846. The smallest absolute Gasteiger partial charge is 0.224 e. The summed E-state index contributed by atoms with van der Waals surface area (Å²) in [5, 5.41) is 2.68. The molecule has 0 bridgehead atoms. The maximum atomic E-state index is 11.7. The summed E-state index contributed by atoms with van der Waals surface area (Å²) in [6, 6.07) is 6.31. The van der Waals surface area contributed by atoms with Gasteiger partial charge in [0.15, 0.2) is 9.84 Å². The number of sulfone groups is 1. The van der Waals surface area contributed by atoms with E-state index in [1.165, 1.54) is 12.1 Å². The summed E-state index contributed by atoms with van der Waals surface area (Å²) in [4.78, 5) is 11.8. The Morgan fingerprint density at radius 2 is 2.11 bits per heavy atom. The van der Waals surface area contributed by atoms with E-state index < -0.39 is 9.84 Å². The Morgan fingerprint density at radius 1 is 1.42 bits per heavy atom. The summed E-state index contributed by atoms with van der Waals surface area (Å²) < 4.78 is 22.8. The third-order valence-corrected chi connectivity index (χ3v) is 3.72. The van der Waals surface area contributed by atoms with Crippen LogP contribution < -0.4 is 11.1 Å². The Kier molecular flexibility index (Phi) is 5.50. The highest BCUT2D eigenvalue weighted by atomic mass is 32.2. The van der Waals surface area contributed by atoms with Gasteiger partial charge in [0.1, 0.15) is 0 Å². The molecule has 3 N–H and O–H groups in total. The average Bonchev–Trinajstić information content (AvgIpc) is 2.27. The van der Waals surface area contributed by atoms with Crippen LogP contribution in [0.2, 0.25) is 0 Å². The molecule has 0 spiro atoms. The van der Waals surface area contributed by atoms with Crippen molar-refractivity contribution in [2.24, 2.45) is 5.73 Å². The minimum atomic E-state index is -3.26. The first-order valence-corrected chi connectivity index (χ1v) is 8.04. The topological polar surface area (TPSA) is 89.3 Å². The van der Waals surface area contributed by atoms with Crippen molar-refractivity contribution in [2.45, 2.75) is 37.1 Å². The van der Waals surface area contributed by atoms with Gasteiger partial charge >= 0.3 is 0 Å². The zero-order chi connectivity index (χ0) is 14.5. The molecule has 0 saturated heterocycles. The summed E-state index contributed by atoms with van der Waals surface area (Å²) in [5.74, 6) is -0.133. The van der Waals surface area contributed by atoms with Gasteiger partial charge in [0.25, 0.3) is 0 Å². The molecule has 0 heterocycles. The van der Waals surface area contributed by atoms with Crippen LogP contribution in [-0.2, 0) is 14.6 Å². The van der Waals surface area contributed by atoms with Gasteiger partial charge < -0.3 is 11.1 Å². The molecule has 106 valence electrons. The van der Waals surface area contributed by atoms with Gasteiger partial charge in [0.05, 0.1) is 4.90 Å². The predicted molar refractivity (Wildman–Crippen MR) is 75.7 cm³/mol. The van der Waals surface area contributed by atoms with Crippen LogP contribution in [0.25, 0.3) is 0 Å². The number of anilines is 1. The molecule has 1 amide bonds. The third-order valence-electron chi connectivity index (χ3n) is 2.61. The molecular formula is C13H20N2O3S. The first-order chi connectivity index (χ1) is 8.79. The molecule has 1 unspecified atom stereocenters. The fraction of sp³-hybridized carbons (Fsp3) is 0.462. The van der Waals surface area contributed by atoms with Crippen molar-refractivity contribution in [3.05, 3.63) is 24.3 Å². The fourth-order valence-electron chi connectivity index (χ4n) is 1.61. The van der Waals surface area contributed by atoms with E-state index in [1.54, 1.807) is 12.1 Å². The van der Waals surface area contributed by atoms with Gasteiger partial charge in [-0.2, -0.15) is 0 Å². The summed E-state index contributed by atoms with van der Waals surface area (Å²) >= 11 is 0. The SMILES string of the molecule is CC(N)CCCC(=O)Nc1cccc(S(C)(=O)=O)c1. The van der Waals surface area contributed by atoms with Crippen molar-refractivity contribution in [1.82, 2.24) is 0 Å². The number of benzene rings is 1. The van der Waals surface area contributed by atoms with Crippen molar-refractivity contribution >= 4 is 21.4 Å². The molecule has 0 aliphatic heterocycles. The van der Waals surface area contributed by atoms with Gasteiger partial charge in [0, 0.05) is 24.4 Å². The van der Waals surface area contributed by atoms with Crippen LogP contribution in [0.4, 0.5) is 5.69 Å². The zero-order valence-electron chi connectivity index (χ0n) is 11.2. The molecule has 0 saturated carbocycles. The highest BCUT2D eigenvalue weighted by molar-refractivity contribution is 7.90. The van der Waals surface area contributed by atoms with Gasteiger partial charge in [-0.1, -0.05) is 6.07 Å². The van der Waals surface area contributed by atoms with Crippen molar-refractivity contribution in [1.29, 1.82) is 0 Å². The predicted octanol–water partition coefficient (Wildman–Crippen LogP) is 1.55. The van der Waals surface area contributed by atoms with Crippen molar-refractivity contribution < 1.29 is 13.2 Å². The van der Waals surface area contributed by atoms with Gasteiger partial charge in [0.2, 0.25) is 5.91 Å². The molecule has 0 aromatic heterocycles. The van der Waals surface area contributed by atoms with Crippen LogP contribution in [0.3, 0.4) is 0 Å². The average molecular weight is 284 g/mol. The van der Waals surface area contributed by atoms with E-state index in [9.17, 15) is 13.2 Å². The molecule has 1 aromatic carbocycles. The second-order valence-electron chi connectivity index (χ2n) is 4.72. The number of carbonyl (C=O) groups excluding carboxylic acids is 1. The van der Waals surface area contributed by atoms with Gasteiger partial charge in [-0.3, -0.25) is 4.79 Å². The Morgan fingerprint density at radius 3 is 2.68 bits per heavy atom. The molecule has 0 aliphatic carbocycles. The molecule has 1 rings (SSSR count). The highest BCUT2D eigenvalue weighted by Gasteiger charge is 2.09. The second kappa shape index (κ2) is 6.68. The first-order valence-electron chi connectivity index (χ1n) is 6.14. The van der Waals surface area contributed by atoms with E-state index in [0.717, 1.165) is 19.1 Å². The van der Waals surface area contributed by atoms with Gasteiger partial charge in [-0.25, -0.2) is 8.42 Å². The van der Waals surface area contributed by atoms with E-state index >= 15 is 0 Å². The molecule has 6 heteroatoms. The molecule has 1 aromatic rings. The Hall–Kier alpha value is -1.40. The van der Waals surface area contributed by atoms with Gasteiger partial charge in [-0.15, -0.1) is 0 Å². The van der Waals surface area contributed by atoms with E-state index in [2.05, 4.69) is 5.32 Å². The number of rotatable bonds is 6. The Balaban J connectivity index is 2.60. The Bertz CT molecular complexity index is 539. The highest BCUT2D eigenvalue weighted by Crippen LogP contribution is 2.15. The summed E-state index contributed by atoms with van der Waals surface area (Å²) in [6.45, 7) is 1.90. The van der Waals surface area contributed by atoms with E-state index in [1.807, 2.05) is 6.92 Å². The number of nitrogens with one attached hydrogen (secondary N) is 1. The van der Waals surface area contributed by atoms with Crippen LogP contribution in [0, 0.1) is 0 Å². The maximum absolute atomic E-state index is 11.7. The third kappa shape index (κ3) is 5.85. The number of carbonyl (C=O) groups is 1. The second-order valence-corrected chi connectivity index (χ2v) is 6.73. The van der Waals surface area contributed by atoms with Gasteiger partial charge in [-0.05, 0) is 38.0 Å². The lowest BCUT2D eigenvalue weighted by molar-refractivity contribution is -0.116. The van der Waals surface area contributed by atoms with Crippen molar-refractivity contribution in [3.8, 4) is 0 Å². The lowest BCUT2D eigenvalue weighted by Gasteiger charge is -2.07. The van der Waals surface area contributed by atoms with E-state index in [0.29, 0.717) is 12.1 Å². The molecule has 19 heavy (non-hydrogen) atoms. The minimum Gasteiger partial charge on any atom is -0.328 e. The van der Waals surface area contributed by atoms with Crippen molar-refractivity contribution in [3.63, 3.8) is 0 Å². The largest absolute Gasteiger partial charge is 0.328 e. The van der Waals surface area contributed by atoms with Crippen LogP contribution >= 0.6 is 0 Å². The lowest BCUT2D eigenvalue weighted by atomic mass is 10.1. The summed E-state index contributed by atoms with van der Waals surface area (Å²) in [7, 11) is -3.26. The van der Waals surface area contributed by atoms with E-state index in [-0.39, 0.29) is 16.8 Å². The number of hydrogen-bond acceptors (Lipinski definition) is 4. The van der Waals surface area contributed by atoms with Crippen LogP contribution in [0.5, 0.6) is 0 Å². The van der Waals surface area contributed by atoms with Crippen LogP contribution in [-0.4, -0.2) is 26.6 Å². The molecule has 0 radical (unpaired) electrons. The molecule has 0 fully saturated rings. The van der Waals surface area contributed by atoms with Crippen molar-refractivity contribution in [2.75, 3.05) is 11.6 Å². The van der Waals surface area contributed by atoms with E-state index in [4.69, 9.17) is 5.73 Å². The number of amides is 1. The first kappa shape index (κ1) is 15.7. The van der Waals surface area contributed by atoms with Crippen LogP contribution in [0.15, 0.2) is 29.2 Å². The molecule has 1 atom stereocenters. The monoisotopic (exact) mass is 284 g/mol. The fourth-order valence-corrected chi connectivity index (χ4v) is 2.28. The summed E-state index contributed by atoms with van der Waals surface area (Å²) in [5.41, 5.74) is 6.09. The quantitative estimate of drug-likeness (QED) is 0.829. The lowest BCUT2D eigenvalue weighted by Crippen LogP contribution is -2.17. The maximum Gasteiger partial charge on any atom is 0.224 e. The molecular weight excluding hydrogens is 264 g/mol. The molecule has 0 aliphatic rings. The normalized spacial score (nSPS) is 13.0. The zero-order valence-corrected chi connectivity index (χ0v) is 12.0. The summed E-state index contributed by atoms with van der Waals surface area (Å²) in [6.07, 6.45) is 3.02. The van der Waals surface area contributed by atoms with Crippen LogP contribution in [0.1, 0.15) is 26.2 Å². The number of hydrogen-bond donors (Lipinski definition) is 2. The number of nitrogens with two attached hydrogens (primary N) is 1.